The maximum absolute atomic E-state index is 12.6. The molecule has 0 saturated carbocycles. The maximum Gasteiger partial charge on any atom is 0.263 e. The largest absolute Gasteiger partial charge is 0.481 e. The van der Waals surface area contributed by atoms with Crippen LogP contribution >= 0.6 is 0 Å². The second-order valence-corrected chi connectivity index (χ2v) is 5.46. The Morgan fingerprint density at radius 3 is 2.77 bits per heavy atom. The summed E-state index contributed by atoms with van der Waals surface area (Å²) in [6.45, 7) is 2.97. The van der Waals surface area contributed by atoms with Crippen LogP contribution in [-0.2, 0) is 9.59 Å². The van der Waals surface area contributed by atoms with Gasteiger partial charge in [-0.3, -0.25) is 15.0 Å². The highest BCUT2D eigenvalue weighted by Crippen LogP contribution is 2.20. The molecular weight excluding hydrogens is 282 g/mol. The van der Waals surface area contributed by atoms with Crippen LogP contribution in [0.15, 0.2) is 30.3 Å². The topological polar surface area (TPSA) is 84.7 Å². The average molecular weight is 305 g/mol. The van der Waals surface area contributed by atoms with Crippen molar-refractivity contribution in [3.63, 3.8) is 0 Å². The van der Waals surface area contributed by atoms with E-state index in [1.807, 2.05) is 37.3 Å². The molecule has 2 amide bonds. The summed E-state index contributed by atoms with van der Waals surface area (Å²) in [6, 6.07) is 9.30. The number of hydrazine groups is 1. The minimum absolute atomic E-state index is 0.0686. The molecule has 2 unspecified atom stereocenters. The van der Waals surface area contributed by atoms with E-state index >= 15 is 0 Å². The zero-order chi connectivity index (χ0) is 15.9. The van der Waals surface area contributed by atoms with E-state index in [9.17, 15) is 9.59 Å². The van der Waals surface area contributed by atoms with Gasteiger partial charge >= 0.3 is 0 Å². The summed E-state index contributed by atoms with van der Waals surface area (Å²) < 4.78 is 5.78. The minimum atomic E-state index is -0.526. The quantitative estimate of drug-likeness (QED) is 0.484. The molecule has 1 aromatic rings. The summed E-state index contributed by atoms with van der Waals surface area (Å²) in [5.41, 5.74) is 2.17. The van der Waals surface area contributed by atoms with E-state index in [1.165, 1.54) is 0 Å². The fraction of sp³-hybridized carbons (Fsp3) is 0.500. The molecular formula is C16H23N3O3. The number of benzene rings is 1. The zero-order valence-electron chi connectivity index (χ0n) is 12.8. The smallest absolute Gasteiger partial charge is 0.263 e. The molecule has 2 atom stereocenters. The molecule has 22 heavy (non-hydrogen) atoms. The van der Waals surface area contributed by atoms with Crippen molar-refractivity contribution in [2.75, 3.05) is 13.1 Å². The van der Waals surface area contributed by atoms with Crippen LogP contribution in [0.5, 0.6) is 5.75 Å². The van der Waals surface area contributed by atoms with Gasteiger partial charge in [0.25, 0.3) is 5.91 Å². The molecule has 3 N–H and O–H groups in total. The number of likely N-dealkylation sites (tertiary alicyclic amines) is 1. The fourth-order valence-corrected chi connectivity index (χ4v) is 2.68. The third-order valence-electron chi connectivity index (χ3n) is 3.91. The molecule has 1 heterocycles. The number of nitrogens with two attached hydrogens (primary N) is 1. The standard InChI is InChI=1S/C16H23N3O3/c1-2-14(22-13-8-4-3-5-9-13)16(21)19-10-6-7-12(11-19)15(20)18-17/h3-5,8-9,12,14H,2,6-7,10-11,17H2,1H3,(H,18,20). The maximum atomic E-state index is 12.6. The Balaban J connectivity index is 2.00. The molecule has 0 radical (unpaired) electrons. The molecule has 1 aliphatic rings. The number of ether oxygens (including phenoxy) is 1. The zero-order valence-corrected chi connectivity index (χ0v) is 12.8. The van der Waals surface area contributed by atoms with Gasteiger partial charge in [0.1, 0.15) is 5.75 Å². The lowest BCUT2D eigenvalue weighted by atomic mass is 9.97. The first-order valence-electron chi connectivity index (χ1n) is 7.66. The van der Waals surface area contributed by atoms with Gasteiger partial charge in [-0.2, -0.15) is 0 Å². The second-order valence-electron chi connectivity index (χ2n) is 5.46. The van der Waals surface area contributed by atoms with Gasteiger partial charge < -0.3 is 9.64 Å². The van der Waals surface area contributed by atoms with Crippen LogP contribution in [0.3, 0.4) is 0 Å². The van der Waals surface area contributed by atoms with E-state index in [1.54, 1.807) is 4.90 Å². The van der Waals surface area contributed by atoms with Gasteiger partial charge in [0.05, 0.1) is 5.92 Å². The highest BCUT2D eigenvalue weighted by molar-refractivity contribution is 5.83. The van der Waals surface area contributed by atoms with Gasteiger partial charge in [0, 0.05) is 13.1 Å². The van der Waals surface area contributed by atoms with E-state index < -0.39 is 6.10 Å². The van der Waals surface area contributed by atoms with Crippen LogP contribution in [0.4, 0.5) is 0 Å². The number of carbonyl (C=O) groups is 2. The van der Waals surface area contributed by atoms with Crippen LogP contribution in [0.25, 0.3) is 0 Å². The molecule has 120 valence electrons. The molecule has 1 saturated heterocycles. The monoisotopic (exact) mass is 305 g/mol. The Kier molecular flexibility index (Phi) is 5.77. The molecule has 1 fully saturated rings. The Labute approximate surface area is 130 Å². The Morgan fingerprint density at radius 1 is 1.41 bits per heavy atom. The third kappa shape index (κ3) is 3.98. The summed E-state index contributed by atoms with van der Waals surface area (Å²) in [7, 11) is 0. The first-order chi connectivity index (χ1) is 10.7. The van der Waals surface area contributed by atoms with Crippen LogP contribution in [0, 0.1) is 5.92 Å². The summed E-state index contributed by atoms with van der Waals surface area (Å²) in [6.07, 6.45) is 1.61. The van der Waals surface area contributed by atoms with E-state index in [0.29, 0.717) is 25.3 Å². The second kappa shape index (κ2) is 7.79. The molecule has 0 aliphatic carbocycles. The van der Waals surface area contributed by atoms with Crippen LogP contribution in [0.2, 0.25) is 0 Å². The normalized spacial score (nSPS) is 19.4. The predicted octanol–water partition coefficient (Wildman–Crippen LogP) is 1.07. The minimum Gasteiger partial charge on any atom is -0.481 e. The van der Waals surface area contributed by atoms with Gasteiger partial charge in [-0.1, -0.05) is 25.1 Å². The third-order valence-corrected chi connectivity index (χ3v) is 3.91. The summed E-state index contributed by atoms with van der Waals surface area (Å²) >= 11 is 0. The number of para-hydroxylation sites is 1. The number of amides is 2. The summed E-state index contributed by atoms with van der Waals surface area (Å²) in [4.78, 5) is 26.0. The van der Waals surface area contributed by atoms with Crippen molar-refractivity contribution in [3.8, 4) is 5.75 Å². The Hall–Kier alpha value is -2.08. The molecule has 1 aliphatic heterocycles. The first-order valence-corrected chi connectivity index (χ1v) is 7.66. The van der Waals surface area contributed by atoms with Crippen LogP contribution in [0.1, 0.15) is 26.2 Å². The molecule has 2 rings (SSSR count). The number of hydrogen-bond donors (Lipinski definition) is 2. The lowest BCUT2D eigenvalue weighted by Crippen LogP contribution is -2.50. The Bertz CT molecular complexity index is 507. The highest BCUT2D eigenvalue weighted by Gasteiger charge is 2.31. The highest BCUT2D eigenvalue weighted by atomic mass is 16.5. The number of nitrogens with zero attached hydrogens (tertiary/aromatic N) is 1. The van der Waals surface area contributed by atoms with Crippen LogP contribution in [-0.4, -0.2) is 35.9 Å². The number of carbonyl (C=O) groups excluding carboxylic acids is 2. The van der Waals surface area contributed by atoms with Crippen molar-refractivity contribution >= 4 is 11.8 Å². The molecule has 0 spiro atoms. The van der Waals surface area contributed by atoms with Gasteiger partial charge in [0.15, 0.2) is 6.10 Å². The van der Waals surface area contributed by atoms with E-state index in [0.717, 1.165) is 12.8 Å². The molecule has 0 bridgehead atoms. The summed E-state index contributed by atoms with van der Waals surface area (Å²) in [5, 5.41) is 0. The van der Waals surface area contributed by atoms with Crippen molar-refractivity contribution in [2.45, 2.75) is 32.3 Å². The van der Waals surface area contributed by atoms with Crippen LogP contribution < -0.4 is 16.0 Å². The van der Waals surface area contributed by atoms with Crippen molar-refractivity contribution in [3.05, 3.63) is 30.3 Å². The van der Waals surface area contributed by atoms with Gasteiger partial charge in [-0.15, -0.1) is 0 Å². The molecule has 1 aromatic carbocycles. The average Bonchev–Trinajstić information content (AvgIpc) is 2.59. The van der Waals surface area contributed by atoms with E-state index in [4.69, 9.17) is 10.6 Å². The Morgan fingerprint density at radius 2 is 2.14 bits per heavy atom. The van der Waals surface area contributed by atoms with E-state index in [-0.39, 0.29) is 17.7 Å². The van der Waals surface area contributed by atoms with Gasteiger partial charge in [-0.25, -0.2) is 5.84 Å². The van der Waals surface area contributed by atoms with E-state index in [2.05, 4.69) is 5.43 Å². The number of hydrogen-bond acceptors (Lipinski definition) is 4. The first kappa shape index (κ1) is 16.3. The number of nitrogens with one attached hydrogen (secondary N) is 1. The van der Waals surface area contributed by atoms with Crippen molar-refractivity contribution in [2.24, 2.45) is 11.8 Å². The molecule has 6 nitrogen and oxygen atoms in total. The van der Waals surface area contributed by atoms with Crippen molar-refractivity contribution in [1.29, 1.82) is 0 Å². The van der Waals surface area contributed by atoms with Gasteiger partial charge in [0.2, 0.25) is 5.91 Å². The molecule has 0 aromatic heterocycles. The number of rotatable bonds is 5. The lowest BCUT2D eigenvalue weighted by molar-refractivity contribution is -0.142. The lowest BCUT2D eigenvalue weighted by Gasteiger charge is -2.33. The molecule has 6 heteroatoms. The number of piperidine rings is 1. The van der Waals surface area contributed by atoms with Gasteiger partial charge in [-0.05, 0) is 31.4 Å². The van der Waals surface area contributed by atoms with Crippen molar-refractivity contribution in [1.82, 2.24) is 10.3 Å². The predicted molar refractivity (Wildman–Crippen MR) is 82.8 cm³/mol. The fourth-order valence-electron chi connectivity index (χ4n) is 2.68. The SMILES string of the molecule is CCC(Oc1ccccc1)C(=O)N1CCCC(C(=O)NN)C1. The van der Waals surface area contributed by atoms with Crippen molar-refractivity contribution < 1.29 is 14.3 Å². The summed E-state index contributed by atoms with van der Waals surface area (Å²) in [5.74, 6) is 5.34.